The molecule has 2 aliphatic heterocycles. The van der Waals surface area contributed by atoms with Gasteiger partial charge in [0.15, 0.2) is 0 Å². The summed E-state index contributed by atoms with van der Waals surface area (Å²) < 4.78 is 0. The monoisotopic (exact) mass is 273 g/mol. The molecule has 20 heavy (non-hydrogen) atoms. The molecule has 2 aliphatic rings. The van der Waals surface area contributed by atoms with Crippen LogP contribution in [0, 0.1) is 0 Å². The van der Waals surface area contributed by atoms with E-state index in [0.29, 0.717) is 13.0 Å². The molecule has 2 unspecified atom stereocenters. The summed E-state index contributed by atoms with van der Waals surface area (Å²) >= 11 is 0. The first-order valence-corrected chi connectivity index (χ1v) is 7.14. The molecular formula is C15H19N3O2. The summed E-state index contributed by atoms with van der Waals surface area (Å²) in [4.78, 5) is 23.4. The summed E-state index contributed by atoms with van der Waals surface area (Å²) in [6, 6.07) is 7.97. The predicted octanol–water partition coefficient (Wildman–Crippen LogP) is 0.808. The molecule has 5 nitrogen and oxygen atoms in total. The molecule has 0 bridgehead atoms. The molecule has 0 aliphatic carbocycles. The van der Waals surface area contributed by atoms with Gasteiger partial charge in [-0.05, 0) is 30.9 Å². The maximum atomic E-state index is 12.3. The van der Waals surface area contributed by atoms with Crippen molar-refractivity contribution in [3.05, 3.63) is 29.8 Å². The van der Waals surface area contributed by atoms with Crippen molar-refractivity contribution in [1.29, 1.82) is 0 Å². The Morgan fingerprint density at radius 2 is 2.05 bits per heavy atom. The molecule has 2 amide bonds. The average molecular weight is 273 g/mol. The lowest BCUT2D eigenvalue weighted by atomic mass is 9.97. The summed E-state index contributed by atoms with van der Waals surface area (Å²) in [6.45, 7) is 0.536. The van der Waals surface area contributed by atoms with Crippen LogP contribution in [0.3, 0.4) is 0 Å². The zero-order chi connectivity index (χ0) is 13.9. The van der Waals surface area contributed by atoms with Crippen molar-refractivity contribution in [2.75, 3.05) is 11.9 Å². The van der Waals surface area contributed by atoms with Gasteiger partial charge < -0.3 is 16.0 Å². The number of benzene rings is 1. The highest BCUT2D eigenvalue weighted by atomic mass is 16.2. The fraction of sp³-hybridized carbons (Fsp3) is 0.467. The molecule has 0 radical (unpaired) electrons. The van der Waals surface area contributed by atoms with Crippen LogP contribution < -0.4 is 16.0 Å². The average Bonchev–Trinajstić information content (AvgIpc) is 2.49. The van der Waals surface area contributed by atoms with Crippen LogP contribution >= 0.6 is 0 Å². The number of carbonyl (C=O) groups excluding carboxylic acids is 2. The Bertz CT molecular complexity index is 520. The van der Waals surface area contributed by atoms with E-state index < -0.39 is 0 Å². The molecule has 106 valence electrons. The van der Waals surface area contributed by atoms with E-state index in [0.717, 1.165) is 24.9 Å². The van der Waals surface area contributed by atoms with Crippen LogP contribution in [0.5, 0.6) is 0 Å². The first-order valence-electron chi connectivity index (χ1n) is 7.14. The molecule has 1 aromatic rings. The van der Waals surface area contributed by atoms with E-state index in [2.05, 4.69) is 22.0 Å². The van der Waals surface area contributed by atoms with E-state index in [1.165, 1.54) is 5.56 Å². The van der Waals surface area contributed by atoms with Gasteiger partial charge in [0.05, 0.1) is 0 Å². The highest BCUT2D eigenvalue weighted by molar-refractivity contribution is 5.86. The smallest absolute Gasteiger partial charge is 0.242 e. The lowest BCUT2D eigenvalue weighted by Crippen LogP contribution is -2.52. The predicted molar refractivity (Wildman–Crippen MR) is 76.3 cm³/mol. The minimum Gasteiger partial charge on any atom is -0.373 e. The minimum atomic E-state index is -0.178. The molecular weight excluding hydrogens is 254 g/mol. The van der Waals surface area contributed by atoms with Gasteiger partial charge in [-0.15, -0.1) is 0 Å². The van der Waals surface area contributed by atoms with Gasteiger partial charge in [-0.3, -0.25) is 9.59 Å². The zero-order valence-electron chi connectivity index (χ0n) is 11.3. The summed E-state index contributed by atoms with van der Waals surface area (Å²) in [5.41, 5.74) is 2.32. The summed E-state index contributed by atoms with van der Waals surface area (Å²) in [6.07, 6.45) is 2.94. The molecule has 0 spiro atoms. The Hall–Kier alpha value is -2.04. The van der Waals surface area contributed by atoms with Gasteiger partial charge in [-0.25, -0.2) is 0 Å². The SMILES string of the molecule is O=C1CCC(NC(=O)C2CCc3ccccc3N2)CN1. The van der Waals surface area contributed by atoms with Gasteiger partial charge in [-0.2, -0.15) is 0 Å². The summed E-state index contributed by atoms with van der Waals surface area (Å²) in [5, 5.41) is 9.10. The van der Waals surface area contributed by atoms with Crippen molar-refractivity contribution in [1.82, 2.24) is 10.6 Å². The molecule has 5 heteroatoms. The minimum absolute atomic E-state index is 0.0284. The van der Waals surface area contributed by atoms with Crippen LogP contribution in [0.25, 0.3) is 0 Å². The Kier molecular flexibility index (Phi) is 3.58. The normalized spacial score (nSPS) is 25.1. The van der Waals surface area contributed by atoms with E-state index >= 15 is 0 Å². The number of hydrogen-bond acceptors (Lipinski definition) is 3. The second-order valence-corrected chi connectivity index (χ2v) is 5.44. The molecule has 2 heterocycles. The number of nitrogens with one attached hydrogen (secondary N) is 3. The van der Waals surface area contributed by atoms with Gasteiger partial charge in [0.2, 0.25) is 11.8 Å². The topological polar surface area (TPSA) is 70.2 Å². The Morgan fingerprint density at radius 3 is 2.85 bits per heavy atom. The van der Waals surface area contributed by atoms with Crippen molar-refractivity contribution < 1.29 is 9.59 Å². The van der Waals surface area contributed by atoms with Crippen LogP contribution in [0.2, 0.25) is 0 Å². The number of carbonyl (C=O) groups is 2. The molecule has 1 saturated heterocycles. The molecule has 3 N–H and O–H groups in total. The highest BCUT2D eigenvalue weighted by Crippen LogP contribution is 2.24. The fourth-order valence-corrected chi connectivity index (χ4v) is 2.79. The second kappa shape index (κ2) is 5.53. The molecule has 1 fully saturated rings. The first kappa shape index (κ1) is 13.0. The van der Waals surface area contributed by atoms with Crippen LogP contribution in [0.4, 0.5) is 5.69 Å². The van der Waals surface area contributed by atoms with Crippen molar-refractivity contribution in [2.45, 2.75) is 37.8 Å². The largest absolute Gasteiger partial charge is 0.373 e. The Morgan fingerprint density at radius 1 is 1.20 bits per heavy atom. The third-order valence-corrected chi connectivity index (χ3v) is 3.98. The molecule has 0 aromatic heterocycles. The number of anilines is 1. The lowest BCUT2D eigenvalue weighted by molar-refractivity contribution is -0.126. The number of piperidine rings is 1. The van der Waals surface area contributed by atoms with Crippen LogP contribution in [-0.2, 0) is 16.0 Å². The Balaban J connectivity index is 1.57. The van der Waals surface area contributed by atoms with Crippen molar-refractivity contribution >= 4 is 17.5 Å². The van der Waals surface area contributed by atoms with Crippen molar-refractivity contribution in [3.8, 4) is 0 Å². The number of hydrogen-bond donors (Lipinski definition) is 3. The van der Waals surface area contributed by atoms with Gasteiger partial charge in [-0.1, -0.05) is 18.2 Å². The fourth-order valence-electron chi connectivity index (χ4n) is 2.79. The van der Waals surface area contributed by atoms with Crippen molar-refractivity contribution in [2.24, 2.45) is 0 Å². The molecule has 0 saturated carbocycles. The standard InChI is InChI=1S/C15H19N3O2/c19-14-8-6-11(9-16-14)17-15(20)13-7-5-10-3-1-2-4-12(10)18-13/h1-4,11,13,18H,5-9H2,(H,16,19)(H,17,20). The first-order chi connectivity index (χ1) is 9.72. The zero-order valence-corrected chi connectivity index (χ0v) is 11.3. The van der Waals surface area contributed by atoms with E-state index in [4.69, 9.17) is 0 Å². The molecule has 1 aromatic carbocycles. The van der Waals surface area contributed by atoms with Gasteiger partial charge in [0, 0.05) is 24.7 Å². The lowest BCUT2D eigenvalue weighted by Gasteiger charge is -2.29. The van der Waals surface area contributed by atoms with Crippen LogP contribution in [0.15, 0.2) is 24.3 Å². The van der Waals surface area contributed by atoms with Gasteiger partial charge >= 0.3 is 0 Å². The maximum Gasteiger partial charge on any atom is 0.242 e. The third kappa shape index (κ3) is 2.76. The maximum absolute atomic E-state index is 12.3. The number of para-hydroxylation sites is 1. The second-order valence-electron chi connectivity index (χ2n) is 5.44. The Labute approximate surface area is 118 Å². The number of fused-ring (bicyclic) bond motifs is 1. The quantitative estimate of drug-likeness (QED) is 0.747. The number of rotatable bonds is 2. The van der Waals surface area contributed by atoms with Gasteiger partial charge in [0.1, 0.15) is 6.04 Å². The van der Waals surface area contributed by atoms with E-state index in [-0.39, 0.29) is 23.9 Å². The molecule has 3 rings (SSSR count). The highest BCUT2D eigenvalue weighted by Gasteiger charge is 2.26. The third-order valence-electron chi connectivity index (χ3n) is 3.98. The van der Waals surface area contributed by atoms with Gasteiger partial charge in [0.25, 0.3) is 0 Å². The molecule has 2 atom stereocenters. The summed E-state index contributed by atoms with van der Waals surface area (Å²) in [5.74, 6) is 0.0980. The van der Waals surface area contributed by atoms with E-state index in [1.54, 1.807) is 0 Å². The number of aryl methyl sites for hydroxylation is 1. The van der Waals surface area contributed by atoms with Crippen LogP contribution in [-0.4, -0.2) is 30.4 Å². The number of amides is 2. The van der Waals surface area contributed by atoms with E-state index in [9.17, 15) is 9.59 Å². The van der Waals surface area contributed by atoms with E-state index in [1.807, 2.05) is 18.2 Å². The summed E-state index contributed by atoms with van der Waals surface area (Å²) in [7, 11) is 0. The van der Waals surface area contributed by atoms with Crippen LogP contribution in [0.1, 0.15) is 24.8 Å². The van der Waals surface area contributed by atoms with Crippen molar-refractivity contribution in [3.63, 3.8) is 0 Å².